The molecule has 1 aliphatic carbocycles. The van der Waals surface area contributed by atoms with Gasteiger partial charge in [-0.2, -0.15) is 4.98 Å². The topological polar surface area (TPSA) is 111 Å². The first-order chi connectivity index (χ1) is 16.1. The van der Waals surface area contributed by atoms with Crippen molar-refractivity contribution in [2.45, 2.75) is 102 Å². The number of hydrogen-bond donors (Lipinski definition) is 1. The molecular weight excluding hydrogens is 454 g/mol. The first-order valence-corrected chi connectivity index (χ1v) is 13.7. The highest BCUT2D eigenvalue weighted by molar-refractivity contribution is 7.89. The standard InChI is InChI=1S/C25H37N3O5S/c1-25(2,3)32-23(29)17-20(14-10-13-19-11-6-4-7-12-19)24-27-22(28-33-24)18-26-34(30,31)21-15-8-5-9-16-21/h5,8-9,15-16,19-20,26H,4,6-7,10-14,17-18H2,1-3H3/t20-/m1/s1. The highest BCUT2D eigenvalue weighted by Crippen LogP contribution is 2.31. The van der Waals surface area contributed by atoms with Crippen LogP contribution in [0.4, 0.5) is 0 Å². The van der Waals surface area contributed by atoms with Crippen molar-refractivity contribution in [1.82, 2.24) is 14.9 Å². The number of carbonyl (C=O) groups is 1. The number of sulfonamides is 1. The molecule has 0 aliphatic heterocycles. The van der Waals surface area contributed by atoms with Gasteiger partial charge in [0.1, 0.15) is 5.60 Å². The van der Waals surface area contributed by atoms with Crippen LogP contribution in [-0.2, 0) is 26.1 Å². The fourth-order valence-electron chi connectivity index (χ4n) is 4.37. The van der Waals surface area contributed by atoms with E-state index in [1.807, 2.05) is 20.8 Å². The number of aromatic nitrogens is 2. The molecule has 1 aromatic heterocycles. The van der Waals surface area contributed by atoms with E-state index in [2.05, 4.69) is 14.9 Å². The Kier molecular flexibility index (Phi) is 9.24. The van der Waals surface area contributed by atoms with Crippen LogP contribution in [0, 0.1) is 5.92 Å². The van der Waals surface area contributed by atoms with Gasteiger partial charge in [0.15, 0.2) is 5.82 Å². The molecule has 1 aromatic carbocycles. The molecule has 1 heterocycles. The summed E-state index contributed by atoms with van der Waals surface area (Å²) in [6, 6.07) is 8.12. The molecule has 1 atom stereocenters. The third kappa shape index (κ3) is 8.51. The minimum atomic E-state index is -3.68. The van der Waals surface area contributed by atoms with E-state index in [-0.39, 0.29) is 35.6 Å². The number of rotatable bonds is 11. The first kappa shape index (κ1) is 26.3. The van der Waals surface area contributed by atoms with E-state index >= 15 is 0 Å². The fraction of sp³-hybridized carbons (Fsp3) is 0.640. The second-order valence-electron chi connectivity index (χ2n) is 10.1. The minimum Gasteiger partial charge on any atom is -0.460 e. The van der Waals surface area contributed by atoms with Gasteiger partial charge in [-0.15, -0.1) is 0 Å². The Morgan fingerprint density at radius 3 is 2.56 bits per heavy atom. The van der Waals surface area contributed by atoms with Crippen molar-refractivity contribution in [3.63, 3.8) is 0 Å². The van der Waals surface area contributed by atoms with Crippen molar-refractivity contribution in [3.05, 3.63) is 42.0 Å². The third-order valence-corrected chi connectivity index (χ3v) is 7.45. The predicted molar refractivity (Wildman–Crippen MR) is 128 cm³/mol. The largest absolute Gasteiger partial charge is 0.460 e. The van der Waals surface area contributed by atoms with Crippen molar-refractivity contribution in [2.75, 3.05) is 0 Å². The molecule has 0 saturated heterocycles. The fourth-order valence-corrected chi connectivity index (χ4v) is 5.37. The number of esters is 1. The maximum atomic E-state index is 12.5. The molecule has 0 spiro atoms. The average molecular weight is 492 g/mol. The predicted octanol–water partition coefficient (Wildman–Crippen LogP) is 5.11. The smallest absolute Gasteiger partial charge is 0.307 e. The molecule has 3 rings (SSSR count). The summed E-state index contributed by atoms with van der Waals surface area (Å²) in [4.78, 5) is 17.1. The SMILES string of the molecule is CC(C)(C)OC(=O)C[C@@H](CCCC1CCCCC1)c1nc(CNS(=O)(=O)c2ccccc2)no1. The molecule has 1 aliphatic rings. The van der Waals surface area contributed by atoms with E-state index in [4.69, 9.17) is 9.26 Å². The Bertz CT molecular complexity index is 1010. The van der Waals surface area contributed by atoms with Crippen molar-refractivity contribution in [2.24, 2.45) is 5.92 Å². The molecule has 2 aromatic rings. The summed E-state index contributed by atoms with van der Waals surface area (Å²) in [5, 5.41) is 3.95. The summed E-state index contributed by atoms with van der Waals surface area (Å²) in [6.07, 6.45) is 9.49. The number of nitrogens with one attached hydrogen (secondary N) is 1. The van der Waals surface area contributed by atoms with Gasteiger partial charge in [-0.25, -0.2) is 13.1 Å². The molecule has 1 fully saturated rings. The van der Waals surface area contributed by atoms with E-state index in [1.54, 1.807) is 18.2 Å². The van der Waals surface area contributed by atoms with E-state index in [0.717, 1.165) is 25.2 Å². The van der Waals surface area contributed by atoms with Crippen LogP contribution in [0.5, 0.6) is 0 Å². The molecule has 0 unspecified atom stereocenters. The van der Waals surface area contributed by atoms with Gasteiger partial charge in [0.05, 0.1) is 17.9 Å². The zero-order chi connectivity index (χ0) is 24.6. The molecule has 188 valence electrons. The van der Waals surface area contributed by atoms with Crippen LogP contribution < -0.4 is 4.72 Å². The maximum Gasteiger partial charge on any atom is 0.307 e. The zero-order valence-corrected chi connectivity index (χ0v) is 21.3. The van der Waals surface area contributed by atoms with Crippen molar-refractivity contribution in [3.8, 4) is 0 Å². The Labute approximate surface area is 202 Å². The summed E-state index contributed by atoms with van der Waals surface area (Å²) in [7, 11) is -3.68. The van der Waals surface area contributed by atoms with Crippen molar-refractivity contribution in [1.29, 1.82) is 0 Å². The summed E-state index contributed by atoms with van der Waals surface area (Å²) >= 11 is 0. The highest BCUT2D eigenvalue weighted by Gasteiger charge is 2.26. The van der Waals surface area contributed by atoms with Crippen LogP contribution in [0.15, 0.2) is 39.8 Å². The lowest BCUT2D eigenvalue weighted by Gasteiger charge is -2.23. The van der Waals surface area contributed by atoms with Gasteiger partial charge in [-0.05, 0) is 45.2 Å². The molecule has 8 nitrogen and oxygen atoms in total. The van der Waals surface area contributed by atoms with Gasteiger partial charge in [0.2, 0.25) is 15.9 Å². The first-order valence-electron chi connectivity index (χ1n) is 12.2. The molecule has 1 saturated carbocycles. The number of carbonyl (C=O) groups excluding carboxylic acids is 1. The average Bonchev–Trinajstić information content (AvgIpc) is 3.26. The van der Waals surface area contributed by atoms with Gasteiger partial charge in [0, 0.05) is 5.92 Å². The minimum absolute atomic E-state index is 0.0953. The second kappa shape index (κ2) is 11.9. The van der Waals surface area contributed by atoms with Gasteiger partial charge >= 0.3 is 5.97 Å². The van der Waals surface area contributed by atoms with Crippen LogP contribution in [0.2, 0.25) is 0 Å². The Hall–Kier alpha value is -2.26. The molecular formula is C25H37N3O5S. The normalized spacial score (nSPS) is 16.3. The Morgan fingerprint density at radius 1 is 1.18 bits per heavy atom. The van der Waals surface area contributed by atoms with E-state index in [1.165, 1.54) is 44.2 Å². The van der Waals surface area contributed by atoms with Crippen molar-refractivity contribution >= 4 is 16.0 Å². The van der Waals surface area contributed by atoms with E-state index in [0.29, 0.717) is 5.89 Å². The molecule has 34 heavy (non-hydrogen) atoms. The van der Waals surface area contributed by atoms with Crippen LogP contribution in [-0.4, -0.2) is 30.1 Å². The lowest BCUT2D eigenvalue weighted by atomic mass is 9.84. The number of hydrogen-bond acceptors (Lipinski definition) is 7. The molecule has 0 bridgehead atoms. The van der Waals surface area contributed by atoms with Crippen LogP contribution in [0.3, 0.4) is 0 Å². The van der Waals surface area contributed by atoms with Crippen LogP contribution >= 0.6 is 0 Å². The van der Waals surface area contributed by atoms with E-state index < -0.39 is 15.6 Å². The van der Waals surface area contributed by atoms with Crippen molar-refractivity contribution < 1.29 is 22.5 Å². The second-order valence-corrected chi connectivity index (χ2v) is 11.9. The lowest BCUT2D eigenvalue weighted by Crippen LogP contribution is -2.25. The van der Waals surface area contributed by atoms with Gasteiger partial charge in [-0.1, -0.05) is 68.3 Å². The summed E-state index contributed by atoms with van der Waals surface area (Å²) in [5.74, 6) is 0.770. The third-order valence-electron chi connectivity index (χ3n) is 6.03. The van der Waals surface area contributed by atoms with Gasteiger partial charge < -0.3 is 9.26 Å². The van der Waals surface area contributed by atoms with Crippen LogP contribution in [0.1, 0.15) is 96.2 Å². The monoisotopic (exact) mass is 491 g/mol. The summed E-state index contributed by atoms with van der Waals surface area (Å²) in [6.45, 7) is 5.42. The Morgan fingerprint density at radius 2 is 1.88 bits per heavy atom. The zero-order valence-electron chi connectivity index (χ0n) is 20.5. The summed E-state index contributed by atoms with van der Waals surface area (Å²) in [5.41, 5.74) is -0.570. The van der Waals surface area contributed by atoms with Gasteiger partial charge in [-0.3, -0.25) is 4.79 Å². The quantitative estimate of drug-likeness (QED) is 0.435. The number of nitrogens with zero attached hydrogens (tertiary/aromatic N) is 2. The molecule has 9 heteroatoms. The van der Waals surface area contributed by atoms with Gasteiger partial charge in [0.25, 0.3) is 0 Å². The van der Waals surface area contributed by atoms with E-state index in [9.17, 15) is 13.2 Å². The van der Waals surface area contributed by atoms with Crippen LogP contribution in [0.25, 0.3) is 0 Å². The maximum absolute atomic E-state index is 12.5. The molecule has 0 radical (unpaired) electrons. The Balaban J connectivity index is 1.62. The lowest BCUT2D eigenvalue weighted by molar-refractivity contribution is -0.155. The molecule has 1 N–H and O–H groups in total. The number of benzene rings is 1. The number of ether oxygens (including phenoxy) is 1. The summed E-state index contributed by atoms with van der Waals surface area (Å²) < 4.78 is 38.4. The highest BCUT2D eigenvalue weighted by atomic mass is 32.2. The molecule has 0 amide bonds.